The van der Waals surface area contributed by atoms with E-state index in [0.717, 1.165) is 13.1 Å². The lowest BCUT2D eigenvalue weighted by atomic mass is 9.89. The molecule has 1 aliphatic rings. The van der Waals surface area contributed by atoms with Crippen molar-refractivity contribution in [3.63, 3.8) is 0 Å². The molecule has 98 valence electrons. The van der Waals surface area contributed by atoms with E-state index in [9.17, 15) is 9.59 Å². The highest BCUT2D eigenvalue weighted by Gasteiger charge is 2.22. The number of likely N-dealkylation sites (tertiary alicyclic amines) is 1. The molecule has 1 aliphatic heterocycles. The van der Waals surface area contributed by atoms with Gasteiger partial charge in [0.25, 0.3) is 0 Å². The molecular formula is C12H23N3O2. The first-order chi connectivity index (χ1) is 7.89. The predicted octanol–water partition coefficient (Wildman–Crippen LogP) is 0.100. The van der Waals surface area contributed by atoms with Gasteiger partial charge in [-0.2, -0.15) is 0 Å². The van der Waals surface area contributed by atoms with E-state index in [1.807, 2.05) is 13.8 Å². The van der Waals surface area contributed by atoms with Crippen LogP contribution in [0.25, 0.3) is 0 Å². The van der Waals surface area contributed by atoms with Gasteiger partial charge in [-0.15, -0.1) is 0 Å². The van der Waals surface area contributed by atoms with Gasteiger partial charge >= 0.3 is 0 Å². The molecule has 0 bridgehead atoms. The summed E-state index contributed by atoms with van der Waals surface area (Å²) in [4.78, 5) is 24.7. The SMILES string of the molecule is CC(C)(CNC(=O)CN1CCCC1)CC(N)=O. The molecule has 1 fully saturated rings. The zero-order chi connectivity index (χ0) is 12.9. The van der Waals surface area contributed by atoms with Gasteiger partial charge in [-0.05, 0) is 31.3 Å². The van der Waals surface area contributed by atoms with Crippen molar-refractivity contribution < 1.29 is 9.59 Å². The van der Waals surface area contributed by atoms with Crippen molar-refractivity contribution in [1.82, 2.24) is 10.2 Å². The maximum Gasteiger partial charge on any atom is 0.234 e. The Balaban J connectivity index is 2.24. The number of nitrogens with two attached hydrogens (primary N) is 1. The fraction of sp³-hybridized carbons (Fsp3) is 0.833. The van der Waals surface area contributed by atoms with E-state index >= 15 is 0 Å². The van der Waals surface area contributed by atoms with Crippen LogP contribution in [0, 0.1) is 5.41 Å². The van der Waals surface area contributed by atoms with Crippen LogP contribution in [0.1, 0.15) is 33.1 Å². The number of amides is 2. The van der Waals surface area contributed by atoms with Crippen LogP contribution >= 0.6 is 0 Å². The van der Waals surface area contributed by atoms with Gasteiger partial charge in [-0.3, -0.25) is 14.5 Å². The molecule has 0 aromatic rings. The number of carbonyl (C=O) groups is 2. The lowest BCUT2D eigenvalue weighted by Crippen LogP contribution is -2.41. The number of rotatable bonds is 6. The third-order valence-electron chi connectivity index (χ3n) is 2.98. The Kier molecular flexibility index (Phi) is 4.93. The summed E-state index contributed by atoms with van der Waals surface area (Å²) in [6.07, 6.45) is 2.65. The van der Waals surface area contributed by atoms with Crippen LogP contribution in [0.15, 0.2) is 0 Å². The van der Waals surface area contributed by atoms with Crippen molar-refractivity contribution in [1.29, 1.82) is 0 Å². The van der Waals surface area contributed by atoms with Crippen LogP contribution in [0.4, 0.5) is 0 Å². The summed E-state index contributed by atoms with van der Waals surface area (Å²) in [5.41, 5.74) is 4.89. The number of carbonyl (C=O) groups excluding carboxylic acids is 2. The fourth-order valence-corrected chi connectivity index (χ4v) is 2.07. The van der Waals surface area contributed by atoms with E-state index in [1.165, 1.54) is 12.8 Å². The van der Waals surface area contributed by atoms with Gasteiger partial charge in [0.05, 0.1) is 6.54 Å². The second-order valence-electron chi connectivity index (χ2n) is 5.57. The molecule has 0 spiro atoms. The average Bonchev–Trinajstić information content (AvgIpc) is 2.65. The number of nitrogens with one attached hydrogen (secondary N) is 1. The van der Waals surface area contributed by atoms with Crippen LogP contribution in [-0.4, -0.2) is 42.9 Å². The molecule has 0 unspecified atom stereocenters. The molecule has 0 atom stereocenters. The fourth-order valence-electron chi connectivity index (χ4n) is 2.07. The molecule has 1 saturated heterocycles. The van der Waals surface area contributed by atoms with E-state index in [1.54, 1.807) is 0 Å². The van der Waals surface area contributed by atoms with Gasteiger partial charge in [0.1, 0.15) is 0 Å². The first-order valence-corrected chi connectivity index (χ1v) is 6.16. The average molecular weight is 241 g/mol. The summed E-state index contributed by atoms with van der Waals surface area (Å²) >= 11 is 0. The minimum atomic E-state index is -0.330. The van der Waals surface area contributed by atoms with Crippen molar-refractivity contribution in [2.45, 2.75) is 33.1 Å². The Bertz CT molecular complexity index is 283. The molecule has 0 aliphatic carbocycles. The van der Waals surface area contributed by atoms with E-state index in [0.29, 0.717) is 13.1 Å². The quantitative estimate of drug-likeness (QED) is 0.692. The number of nitrogens with zero attached hydrogens (tertiary/aromatic N) is 1. The smallest absolute Gasteiger partial charge is 0.234 e. The molecule has 0 aromatic carbocycles. The van der Waals surface area contributed by atoms with Crippen LogP contribution < -0.4 is 11.1 Å². The minimum absolute atomic E-state index is 0.0319. The van der Waals surface area contributed by atoms with Gasteiger partial charge < -0.3 is 11.1 Å². The summed E-state index contributed by atoms with van der Waals surface area (Å²) in [5, 5.41) is 2.87. The lowest BCUT2D eigenvalue weighted by molar-refractivity contribution is -0.124. The zero-order valence-corrected chi connectivity index (χ0v) is 10.8. The molecule has 17 heavy (non-hydrogen) atoms. The Hall–Kier alpha value is -1.10. The molecular weight excluding hydrogens is 218 g/mol. The number of primary amides is 1. The monoisotopic (exact) mass is 241 g/mol. The van der Waals surface area contributed by atoms with Crippen LogP contribution in [0.5, 0.6) is 0 Å². The number of hydrogen-bond acceptors (Lipinski definition) is 3. The Morgan fingerprint density at radius 2 is 1.88 bits per heavy atom. The van der Waals surface area contributed by atoms with Crippen molar-refractivity contribution in [2.24, 2.45) is 11.1 Å². The highest BCUT2D eigenvalue weighted by molar-refractivity contribution is 5.78. The maximum absolute atomic E-state index is 11.7. The molecule has 1 rings (SSSR count). The van der Waals surface area contributed by atoms with E-state index < -0.39 is 0 Å². The third kappa shape index (κ3) is 5.68. The summed E-state index contributed by atoms with van der Waals surface area (Å²) in [7, 11) is 0. The van der Waals surface area contributed by atoms with Gasteiger partial charge in [-0.1, -0.05) is 13.8 Å². The predicted molar refractivity (Wildman–Crippen MR) is 66.3 cm³/mol. The minimum Gasteiger partial charge on any atom is -0.370 e. The maximum atomic E-state index is 11.7. The first-order valence-electron chi connectivity index (χ1n) is 6.16. The molecule has 5 heteroatoms. The molecule has 3 N–H and O–H groups in total. The molecule has 2 amide bonds. The normalized spacial score (nSPS) is 17.1. The highest BCUT2D eigenvalue weighted by atomic mass is 16.2. The molecule has 0 saturated carbocycles. The van der Waals surface area contributed by atoms with Crippen molar-refractivity contribution in [3.8, 4) is 0 Å². The zero-order valence-electron chi connectivity index (χ0n) is 10.8. The summed E-state index contributed by atoms with van der Waals surface area (Å²) in [6, 6.07) is 0. The van der Waals surface area contributed by atoms with E-state index in [2.05, 4.69) is 10.2 Å². The lowest BCUT2D eigenvalue weighted by Gasteiger charge is -2.24. The topological polar surface area (TPSA) is 75.4 Å². The first kappa shape index (κ1) is 14.0. The van der Waals surface area contributed by atoms with Crippen molar-refractivity contribution in [3.05, 3.63) is 0 Å². The van der Waals surface area contributed by atoms with Gasteiger partial charge in [0.15, 0.2) is 0 Å². The number of hydrogen-bond donors (Lipinski definition) is 2. The second kappa shape index (κ2) is 6.00. The van der Waals surface area contributed by atoms with E-state index in [-0.39, 0.29) is 23.7 Å². The van der Waals surface area contributed by atoms with Gasteiger partial charge in [0, 0.05) is 13.0 Å². The van der Waals surface area contributed by atoms with Crippen LogP contribution in [-0.2, 0) is 9.59 Å². The second-order valence-corrected chi connectivity index (χ2v) is 5.57. The summed E-state index contributed by atoms with van der Waals surface area (Å²) < 4.78 is 0. The third-order valence-corrected chi connectivity index (χ3v) is 2.98. The Morgan fingerprint density at radius 1 is 1.29 bits per heavy atom. The Labute approximate surface area is 103 Å². The van der Waals surface area contributed by atoms with Crippen molar-refractivity contribution >= 4 is 11.8 Å². The standard InChI is InChI=1S/C12H23N3O2/c1-12(2,7-10(13)16)9-14-11(17)8-15-5-3-4-6-15/h3-9H2,1-2H3,(H2,13,16)(H,14,17). The van der Waals surface area contributed by atoms with Gasteiger partial charge in [-0.25, -0.2) is 0 Å². The molecule has 0 radical (unpaired) electrons. The Morgan fingerprint density at radius 3 is 2.41 bits per heavy atom. The van der Waals surface area contributed by atoms with Crippen molar-refractivity contribution in [2.75, 3.05) is 26.2 Å². The van der Waals surface area contributed by atoms with Crippen LogP contribution in [0.2, 0.25) is 0 Å². The van der Waals surface area contributed by atoms with Crippen LogP contribution in [0.3, 0.4) is 0 Å². The van der Waals surface area contributed by atoms with Gasteiger partial charge in [0.2, 0.25) is 11.8 Å². The summed E-state index contributed by atoms with van der Waals surface area (Å²) in [6.45, 7) is 6.83. The molecule has 0 aromatic heterocycles. The van der Waals surface area contributed by atoms with E-state index in [4.69, 9.17) is 5.73 Å². The molecule has 5 nitrogen and oxygen atoms in total. The summed E-state index contributed by atoms with van der Waals surface area (Å²) in [5.74, 6) is -0.298. The molecule has 1 heterocycles. The highest BCUT2D eigenvalue weighted by Crippen LogP contribution is 2.18. The largest absolute Gasteiger partial charge is 0.370 e.